The van der Waals surface area contributed by atoms with Gasteiger partial charge in [0.15, 0.2) is 5.58 Å². The van der Waals surface area contributed by atoms with Gasteiger partial charge in [-0.1, -0.05) is 30.3 Å². The third-order valence-corrected chi connectivity index (χ3v) is 6.44. The molecule has 4 heterocycles. The predicted octanol–water partition coefficient (Wildman–Crippen LogP) is 3.11. The van der Waals surface area contributed by atoms with Crippen LogP contribution in [-0.4, -0.2) is 44.1 Å². The van der Waals surface area contributed by atoms with Crippen molar-refractivity contribution in [2.24, 2.45) is 0 Å². The number of benzene rings is 1. The van der Waals surface area contributed by atoms with E-state index in [1.54, 1.807) is 12.3 Å². The van der Waals surface area contributed by atoms with Crippen molar-refractivity contribution < 1.29 is 9.21 Å². The van der Waals surface area contributed by atoms with Gasteiger partial charge >= 0.3 is 0 Å². The molecule has 1 amide bonds. The Kier molecular flexibility index (Phi) is 6.00. The van der Waals surface area contributed by atoms with E-state index in [0.717, 1.165) is 38.0 Å². The van der Waals surface area contributed by atoms with Crippen molar-refractivity contribution in [3.8, 4) is 0 Å². The SMILES string of the molecule is Cc1nn(CCCC(=O)NC2CCN(Cc3ccccc3)CC2)c(=O)c2cc3occc3n12. The molecule has 1 fully saturated rings. The summed E-state index contributed by atoms with van der Waals surface area (Å²) in [5.41, 5.74) is 3.21. The number of aryl methyl sites for hydroxylation is 2. The summed E-state index contributed by atoms with van der Waals surface area (Å²) in [6.45, 7) is 5.20. The number of carbonyl (C=O) groups is 1. The van der Waals surface area contributed by atoms with E-state index >= 15 is 0 Å². The van der Waals surface area contributed by atoms with E-state index in [2.05, 4.69) is 39.6 Å². The number of rotatable bonds is 7. The van der Waals surface area contributed by atoms with Gasteiger partial charge in [-0.3, -0.25) is 18.9 Å². The van der Waals surface area contributed by atoms with Gasteiger partial charge in [-0.15, -0.1) is 0 Å². The van der Waals surface area contributed by atoms with Crippen LogP contribution in [0.3, 0.4) is 0 Å². The number of likely N-dealkylation sites (tertiary alicyclic amines) is 1. The first-order valence-corrected chi connectivity index (χ1v) is 11.6. The van der Waals surface area contributed by atoms with Crippen molar-refractivity contribution in [2.45, 2.75) is 51.7 Å². The Balaban J connectivity index is 1.11. The van der Waals surface area contributed by atoms with Crippen LogP contribution in [0.2, 0.25) is 0 Å². The van der Waals surface area contributed by atoms with Crippen LogP contribution in [0.25, 0.3) is 16.6 Å². The number of piperidine rings is 1. The van der Waals surface area contributed by atoms with E-state index < -0.39 is 0 Å². The van der Waals surface area contributed by atoms with E-state index in [1.807, 2.05) is 23.5 Å². The average Bonchev–Trinajstić information content (AvgIpc) is 3.41. The monoisotopic (exact) mass is 447 g/mol. The maximum absolute atomic E-state index is 12.8. The number of furan rings is 1. The molecule has 0 saturated carbocycles. The lowest BCUT2D eigenvalue weighted by Crippen LogP contribution is -2.44. The highest BCUT2D eigenvalue weighted by Gasteiger charge is 2.21. The third-order valence-electron chi connectivity index (χ3n) is 6.44. The molecule has 0 unspecified atom stereocenters. The summed E-state index contributed by atoms with van der Waals surface area (Å²) < 4.78 is 8.69. The van der Waals surface area contributed by atoms with Gasteiger partial charge in [-0.2, -0.15) is 5.10 Å². The fraction of sp³-hybridized carbons (Fsp3) is 0.400. The second-order valence-corrected chi connectivity index (χ2v) is 8.82. The fourth-order valence-corrected chi connectivity index (χ4v) is 4.75. The molecule has 3 aromatic heterocycles. The Hall–Kier alpha value is -3.39. The minimum Gasteiger partial charge on any atom is -0.463 e. The summed E-state index contributed by atoms with van der Waals surface area (Å²) in [4.78, 5) is 27.7. The van der Waals surface area contributed by atoms with Crippen LogP contribution < -0.4 is 10.9 Å². The zero-order chi connectivity index (χ0) is 22.8. The largest absolute Gasteiger partial charge is 0.463 e. The number of hydrogen-bond donors (Lipinski definition) is 1. The van der Waals surface area contributed by atoms with E-state index in [1.165, 1.54) is 10.2 Å². The molecule has 1 aliphatic rings. The maximum Gasteiger partial charge on any atom is 0.291 e. The number of carbonyl (C=O) groups excluding carboxylic acids is 1. The van der Waals surface area contributed by atoms with E-state index in [9.17, 15) is 9.59 Å². The molecule has 4 aromatic rings. The van der Waals surface area contributed by atoms with Gasteiger partial charge in [-0.05, 0) is 31.7 Å². The van der Waals surface area contributed by atoms with Crippen molar-refractivity contribution in [3.63, 3.8) is 0 Å². The lowest BCUT2D eigenvalue weighted by atomic mass is 10.0. The van der Waals surface area contributed by atoms with Crippen molar-refractivity contribution in [1.29, 1.82) is 0 Å². The molecule has 0 atom stereocenters. The first-order valence-electron chi connectivity index (χ1n) is 11.6. The summed E-state index contributed by atoms with van der Waals surface area (Å²) in [6, 6.07) is 14.3. The molecular weight excluding hydrogens is 418 g/mol. The zero-order valence-electron chi connectivity index (χ0n) is 18.9. The zero-order valence-corrected chi connectivity index (χ0v) is 18.9. The van der Waals surface area contributed by atoms with Gasteiger partial charge in [-0.25, -0.2) is 4.68 Å². The Morgan fingerprint density at radius 1 is 1.15 bits per heavy atom. The Morgan fingerprint density at radius 2 is 1.94 bits per heavy atom. The highest BCUT2D eigenvalue weighted by molar-refractivity contribution is 5.82. The van der Waals surface area contributed by atoms with Crippen molar-refractivity contribution in [3.05, 3.63) is 70.5 Å². The maximum atomic E-state index is 12.8. The number of nitrogens with zero attached hydrogens (tertiary/aromatic N) is 4. The van der Waals surface area contributed by atoms with Gasteiger partial charge in [0.1, 0.15) is 11.3 Å². The van der Waals surface area contributed by atoms with Gasteiger partial charge in [0.05, 0.1) is 11.8 Å². The second-order valence-electron chi connectivity index (χ2n) is 8.82. The molecule has 0 spiro atoms. The topological polar surface area (TPSA) is 84.8 Å². The number of nitrogens with one attached hydrogen (secondary N) is 1. The Morgan fingerprint density at radius 3 is 2.73 bits per heavy atom. The van der Waals surface area contributed by atoms with Gasteiger partial charge < -0.3 is 9.73 Å². The predicted molar refractivity (Wildman–Crippen MR) is 126 cm³/mol. The summed E-state index contributed by atoms with van der Waals surface area (Å²) in [5.74, 6) is 0.760. The summed E-state index contributed by atoms with van der Waals surface area (Å²) in [7, 11) is 0. The summed E-state index contributed by atoms with van der Waals surface area (Å²) >= 11 is 0. The Labute approximate surface area is 191 Å². The molecule has 8 nitrogen and oxygen atoms in total. The lowest BCUT2D eigenvalue weighted by Gasteiger charge is -2.32. The summed E-state index contributed by atoms with van der Waals surface area (Å²) in [5, 5.41) is 7.62. The molecule has 1 aromatic carbocycles. The van der Waals surface area contributed by atoms with Crippen LogP contribution in [0.4, 0.5) is 0 Å². The highest BCUT2D eigenvalue weighted by atomic mass is 16.3. The molecule has 33 heavy (non-hydrogen) atoms. The second kappa shape index (κ2) is 9.23. The van der Waals surface area contributed by atoms with Gasteiger partial charge in [0, 0.05) is 50.8 Å². The van der Waals surface area contributed by atoms with Crippen LogP contribution in [-0.2, 0) is 17.9 Å². The van der Waals surface area contributed by atoms with Crippen LogP contribution in [0.1, 0.15) is 37.1 Å². The number of hydrogen-bond acceptors (Lipinski definition) is 5. The first-order chi connectivity index (χ1) is 16.1. The molecule has 0 bridgehead atoms. The van der Waals surface area contributed by atoms with Crippen molar-refractivity contribution in [1.82, 2.24) is 24.4 Å². The first kappa shape index (κ1) is 21.5. The standard InChI is InChI=1S/C25H29N5O3/c1-18-27-29(25(32)22-16-23-21(30(18)22)11-15-33-23)12-5-8-24(31)26-20-9-13-28(14-10-20)17-19-6-3-2-4-7-19/h2-4,6-7,11,15-16,20H,5,8-10,12-14,17H2,1H3,(H,26,31). The number of fused-ring (bicyclic) bond motifs is 3. The number of amides is 1. The molecular formula is C25H29N5O3. The molecule has 172 valence electrons. The molecule has 0 radical (unpaired) electrons. The molecule has 8 heteroatoms. The molecule has 5 rings (SSSR count). The fourth-order valence-electron chi connectivity index (χ4n) is 4.75. The molecule has 0 aliphatic carbocycles. The van der Waals surface area contributed by atoms with Gasteiger partial charge in [0.2, 0.25) is 5.91 Å². The molecule has 1 aliphatic heterocycles. The number of aromatic nitrogens is 3. The quantitative estimate of drug-likeness (QED) is 0.471. The van der Waals surface area contributed by atoms with Crippen LogP contribution in [0.5, 0.6) is 0 Å². The van der Waals surface area contributed by atoms with E-state index in [-0.39, 0.29) is 17.5 Å². The van der Waals surface area contributed by atoms with Crippen LogP contribution >= 0.6 is 0 Å². The lowest BCUT2D eigenvalue weighted by molar-refractivity contribution is -0.122. The van der Waals surface area contributed by atoms with Crippen molar-refractivity contribution in [2.75, 3.05) is 13.1 Å². The minimum absolute atomic E-state index is 0.0440. The van der Waals surface area contributed by atoms with E-state index in [0.29, 0.717) is 36.3 Å². The van der Waals surface area contributed by atoms with Crippen LogP contribution in [0, 0.1) is 6.92 Å². The third kappa shape index (κ3) is 4.57. The van der Waals surface area contributed by atoms with Crippen LogP contribution in [0.15, 0.2) is 57.9 Å². The molecule has 1 saturated heterocycles. The summed E-state index contributed by atoms with van der Waals surface area (Å²) in [6.07, 6.45) is 4.48. The smallest absolute Gasteiger partial charge is 0.291 e. The molecule has 1 N–H and O–H groups in total. The Bertz CT molecular complexity index is 1310. The average molecular weight is 448 g/mol. The highest BCUT2D eigenvalue weighted by Crippen LogP contribution is 2.20. The van der Waals surface area contributed by atoms with Gasteiger partial charge in [0.25, 0.3) is 5.56 Å². The minimum atomic E-state index is -0.168. The normalized spacial score (nSPS) is 15.4. The van der Waals surface area contributed by atoms with Crippen molar-refractivity contribution >= 4 is 22.5 Å². The van der Waals surface area contributed by atoms with E-state index in [4.69, 9.17) is 4.42 Å².